The standard InChI is InChI=1S/C19H29N5O2/c1-6-24-17(20)15-12-14(11-13(2)16(15)21-24)22-7-9-23(10-8-22)18(25)26-19(3,4)5/h11-12H,6-10,20H2,1-5H3. The number of carbonyl (C=O) groups is 1. The Hall–Kier alpha value is -2.44. The maximum absolute atomic E-state index is 12.2. The summed E-state index contributed by atoms with van der Waals surface area (Å²) in [6.07, 6.45) is -0.239. The van der Waals surface area contributed by atoms with E-state index in [4.69, 9.17) is 10.5 Å². The van der Waals surface area contributed by atoms with Gasteiger partial charge in [0.1, 0.15) is 11.4 Å². The predicted octanol–water partition coefficient (Wildman–Crippen LogP) is 3.00. The third-order valence-corrected chi connectivity index (χ3v) is 4.66. The molecule has 7 nitrogen and oxygen atoms in total. The molecule has 3 rings (SSSR count). The molecular formula is C19H29N5O2. The van der Waals surface area contributed by atoms with Gasteiger partial charge in [0, 0.05) is 43.8 Å². The maximum atomic E-state index is 12.2. The number of aromatic nitrogens is 2. The van der Waals surface area contributed by atoms with Gasteiger partial charge in [-0.25, -0.2) is 9.48 Å². The number of rotatable bonds is 2. The number of fused-ring (bicyclic) bond motifs is 1. The van der Waals surface area contributed by atoms with E-state index in [2.05, 4.69) is 29.1 Å². The molecule has 0 atom stereocenters. The lowest BCUT2D eigenvalue weighted by molar-refractivity contribution is 0.0240. The van der Waals surface area contributed by atoms with Gasteiger partial charge in [0.15, 0.2) is 0 Å². The molecule has 0 spiro atoms. The van der Waals surface area contributed by atoms with Gasteiger partial charge in [0.05, 0.1) is 5.52 Å². The smallest absolute Gasteiger partial charge is 0.410 e. The molecule has 2 N–H and O–H groups in total. The Kier molecular flexibility index (Phi) is 4.73. The van der Waals surface area contributed by atoms with Crippen LogP contribution in [-0.2, 0) is 11.3 Å². The van der Waals surface area contributed by atoms with Gasteiger partial charge in [-0.15, -0.1) is 0 Å². The van der Waals surface area contributed by atoms with Crippen LogP contribution in [-0.4, -0.2) is 52.6 Å². The number of hydrogen-bond donors (Lipinski definition) is 1. The molecule has 1 aliphatic heterocycles. The summed E-state index contributed by atoms with van der Waals surface area (Å²) in [6, 6.07) is 4.26. The average Bonchev–Trinajstić information content (AvgIpc) is 2.90. The summed E-state index contributed by atoms with van der Waals surface area (Å²) >= 11 is 0. The zero-order valence-corrected chi connectivity index (χ0v) is 16.4. The SMILES string of the molecule is CCn1nc2c(C)cc(N3CCN(C(=O)OC(C)(C)C)CC3)cc2c1N. The normalized spacial score (nSPS) is 15.6. The highest BCUT2D eigenvalue weighted by Crippen LogP contribution is 2.30. The molecule has 1 aromatic carbocycles. The highest BCUT2D eigenvalue weighted by Gasteiger charge is 2.26. The zero-order valence-electron chi connectivity index (χ0n) is 16.4. The van der Waals surface area contributed by atoms with Crippen molar-refractivity contribution in [1.29, 1.82) is 0 Å². The van der Waals surface area contributed by atoms with Crippen molar-refractivity contribution in [2.75, 3.05) is 36.8 Å². The Labute approximate surface area is 154 Å². The summed E-state index contributed by atoms with van der Waals surface area (Å²) in [6.45, 7) is 13.4. The Bertz CT molecular complexity index is 813. The third kappa shape index (κ3) is 3.57. The maximum Gasteiger partial charge on any atom is 0.410 e. The Morgan fingerprint density at radius 3 is 2.46 bits per heavy atom. The summed E-state index contributed by atoms with van der Waals surface area (Å²) < 4.78 is 7.30. The monoisotopic (exact) mass is 359 g/mol. The van der Waals surface area contributed by atoms with Crippen molar-refractivity contribution in [2.45, 2.75) is 46.8 Å². The molecule has 0 radical (unpaired) electrons. The third-order valence-electron chi connectivity index (χ3n) is 4.66. The number of nitrogens with two attached hydrogens (primary N) is 1. The largest absolute Gasteiger partial charge is 0.444 e. The van der Waals surface area contributed by atoms with Gasteiger partial charge in [-0.3, -0.25) is 0 Å². The van der Waals surface area contributed by atoms with Crippen molar-refractivity contribution in [2.24, 2.45) is 0 Å². The number of amides is 1. The lowest BCUT2D eigenvalue weighted by atomic mass is 10.1. The second-order valence-corrected chi connectivity index (χ2v) is 7.81. The van der Waals surface area contributed by atoms with Crippen LogP contribution in [0.5, 0.6) is 0 Å². The van der Waals surface area contributed by atoms with Crippen LogP contribution in [0, 0.1) is 6.92 Å². The Morgan fingerprint density at radius 1 is 1.23 bits per heavy atom. The molecule has 1 fully saturated rings. The molecule has 0 saturated carbocycles. The van der Waals surface area contributed by atoms with E-state index in [9.17, 15) is 4.79 Å². The molecule has 142 valence electrons. The number of aryl methyl sites for hydroxylation is 2. The van der Waals surface area contributed by atoms with E-state index in [1.807, 2.05) is 32.4 Å². The van der Waals surface area contributed by atoms with Gasteiger partial charge in [-0.05, 0) is 52.3 Å². The van der Waals surface area contributed by atoms with Crippen molar-refractivity contribution in [1.82, 2.24) is 14.7 Å². The topological polar surface area (TPSA) is 76.6 Å². The molecular weight excluding hydrogens is 330 g/mol. The van der Waals surface area contributed by atoms with Gasteiger partial charge in [-0.1, -0.05) is 0 Å². The van der Waals surface area contributed by atoms with Gasteiger partial charge in [0.25, 0.3) is 0 Å². The van der Waals surface area contributed by atoms with Crippen molar-refractivity contribution >= 4 is 28.5 Å². The number of anilines is 2. The summed E-state index contributed by atoms with van der Waals surface area (Å²) in [4.78, 5) is 16.3. The predicted molar refractivity (Wildman–Crippen MR) is 105 cm³/mol. The first kappa shape index (κ1) is 18.4. The van der Waals surface area contributed by atoms with Gasteiger partial charge in [0.2, 0.25) is 0 Å². The molecule has 0 bridgehead atoms. The number of piperazine rings is 1. The molecule has 2 aromatic rings. The average molecular weight is 359 g/mol. The number of hydrogen-bond acceptors (Lipinski definition) is 5. The lowest BCUT2D eigenvalue weighted by Crippen LogP contribution is -2.50. The highest BCUT2D eigenvalue weighted by molar-refractivity contribution is 5.94. The Balaban J connectivity index is 1.75. The fourth-order valence-electron chi connectivity index (χ4n) is 3.30. The quantitative estimate of drug-likeness (QED) is 0.892. The fraction of sp³-hybridized carbons (Fsp3) is 0.579. The van der Waals surface area contributed by atoms with Crippen LogP contribution in [0.1, 0.15) is 33.3 Å². The Morgan fingerprint density at radius 2 is 1.88 bits per heavy atom. The van der Waals surface area contributed by atoms with Crippen molar-refractivity contribution in [3.8, 4) is 0 Å². The summed E-state index contributed by atoms with van der Waals surface area (Å²) in [5.74, 6) is 0.708. The van der Waals surface area contributed by atoms with Crippen LogP contribution >= 0.6 is 0 Å². The van der Waals surface area contributed by atoms with E-state index in [0.717, 1.165) is 41.8 Å². The molecule has 1 aromatic heterocycles. The van der Waals surface area contributed by atoms with E-state index in [0.29, 0.717) is 18.9 Å². The minimum Gasteiger partial charge on any atom is -0.444 e. The van der Waals surface area contributed by atoms with Crippen LogP contribution in [0.15, 0.2) is 12.1 Å². The van der Waals surface area contributed by atoms with Gasteiger partial charge >= 0.3 is 6.09 Å². The van der Waals surface area contributed by atoms with E-state index in [-0.39, 0.29) is 6.09 Å². The first-order chi connectivity index (χ1) is 12.2. The number of nitrogens with zero attached hydrogens (tertiary/aromatic N) is 4. The second kappa shape index (κ2) is 6.70. The van der Waals surface area contributed by atoms with Crippen LogP contribution in [0.2, 0.25) is 0 Å². The van der Waals surface area contributed by atoms with Gasteiger partial charge in [-0.2, -0.15) is 5.10 Å². The highest BCUT2D eigenvalue weighted by atomic mass is 16.6. The first-order valence-corrected chi connectivity index (χ1v) is 9.19. The van der Waals surface area contributed by atoms with E-state index in [1.54, 1.807) is 4.90 Å². The summed E-state index contributed by atoms with van der Waals surface area (Å²) in [7, 11) is 0. The molecule has 0 aliphatic carbocycles. The first-order valence-electron chi connectivity index (χ1n) is 9.19. The number of benzene rings is 1. The van der Waals surface area contributed by atoms with Crippen molar-refractivity contribution in [3.05, 3.63) is 17.7 Å². The van der Waals surface area contributed by atoms with Crippen molar-refractivity contribution < 1.29 is 9.53 Å². The fourth-order valence-corrected chi connectivity index (χ4v) is 3.30. The molecule has 1 amide bonds. The second-order valence-electron chi connectivity index (χ2n) is 7.81. The van der Waals surface area contributed by atoms with Crippen LogP contribution in [0.4, 0.5) is 16.3 Å². The number of ether oxygens (including phenoxy) is 1. The van der Waals surface area contributed by atoms with Gasteiger partial charge < -0.3 is 20.3 Å². The van der Waals surface area contributed by atoms with E-state index >= 15 is 0 Å². The molecule has 1 aliphatic rings. The van der Waals surface area contributed by atoms with Crippen molar-refractivity contribution in [3.63, 3.8) is 0 Å². The molecule has 2 heterocycles. The zero-order chi connectivity index (χ0) is 19.1. The molecule has 26 heavy (non-hydrogen) atoms. The molecule has 0 unspecified atom stereocenters. The minimum absolute atomic E-state index is 0.239. The minimum atomic E-state index is -0.465. The summed E-state index contributed by atoms with van der Waals surface area (Å²) in [5.41, 5.74) is 8.99. The number of nitrogen functional groups attached to an aromatic ring is 1. The summed E-state index contributed by atoms with van der Waals surface area (Å²) in [5, 5.41) is 5.59. The number of carbonyl (C=O) groups excluding carboxylic acids is 1. The van der Waals surface area contributed by atoms with E-state index in [1.165, 1.54) is 0 Å². The molecule has 1 saturated heterocycles. The van der Waals surface area contributed by atoms with Crippen LogP contribution in [0.25, 0.3) is 10.9 Å². The van der Waals surface area contributed by atoms with Crippen LogP contribution < -0.4 is 10.6 Å². The lowest BCUT2D eigenvalue weighted by Gasteiger charge is -2.36. The molecule has 7 heteroatoms. The van der Waals surface area contributed by atoms with Crippen LogP contribution in [0.3, 0.4) is 0 Å². The van der Waals surface area contributed by atoms with E-state index < -0.39 is 5.60 Å².